The van der Waals surface area contributed by atoms with E-state index in [1.54, 1.807) is 16.3 Å². The van der Waals surface area contributed by atoms with Crippen molar-refractivity contribution >= 4 is 54.0 Å². The summed E-state index contributed by atoms with van der Waals surface area (Å²) < 4.78 is 49.9. The Morgan fingerprint density at radius 2 is 1.69 bits per heavy atom. The van der Waals surface area contributed by atoms with Crippen LogP contribution in [-0.2, 0) is 24.8 Å². The van der Waals surface area contributed by atoms with Gasteiger partial charge >= 0.3 is 0 Å². The molecule has 1 atom stereocenters. The van der Waals surface area contributed by atoms with E-state index in [2.05, 4.69) is 10.2 Å². The summed E-state index contributed by atoms with van der Waals surface area (Å²) in [5.41, 5.74) is 2.19. The Hall–Kier alpha value is -2.58. The molecule has 2 aromatic rings. The number of hydrogen-bond donors (Lipinski definition) is 1. The molecule has 0 spiro atoms. The molecule has 1 N–H and O–H groups in total. The smallest absolute Gasteiger partial charge is 0.258 e. The van der Waals surface area contributed by atoms with Gasteiger partial charge in [-0.15, -0.1) is 0 Å². The van der Waals surface area contributed by atoms with E-state index in [1.165, 1.54) is 16.8 Å². The van der Waals surface area contributed by atoms with Gasteiger partial charge in [0.1, 0.15) is 0 Å². The van der Waals surface area contributed by atoms with E-state index in [9.17, 15) is 26.4 Å². The maximum absolute atomic E-state index is 13.7. The minimum Gasteiger partial charge on any atom is -0.324 e. The first kappa shape index (κ1) is 33.8. The molecule has 2 saturated heterocycles. The van der Waals surface area contributed by atoms with Crippen molar-refractivity contribution in [1.29, 1.82) is 0 Å². The summed E-state index contributed by atoms with van der Waals surface area (Å²) >= 11 is 0. The minimum atomic E-state index is -3.20. The van der Waals surface area contributed by atoms with E-state index in [1.807, 2.05) is 30.3 Å². The zero-order valence-electron chi connectivity index (χ0n) is 26.7. The number of nitrogens with zero attached hydrogens (tertiary/aromatic N) is 4. The first-order chi connectivity index (χ1) is 21.3. The van der Waals surface area contributed by atoms with Crippen molar-refractivity contribution in [2.45, 2.75) is 63.8 Å². The van der Waals surface area contributed by atoms with Gasteiger partial charge in [0.25, 0.3) is 5.91 Å². The molecule has 2 aromatic carbocycles. The molecule has 0 radical (unpaired) electrons. The van der Waals surface area contributed by atoms with Gasteiger partial charge < -0.3 is 10.2 Å². The monoisotopic (exact) mass is 661 g/mol. The third kappa shape index (κ3) is 7.87. The van der Waals surface area contributed by atoms with Crippen LogP contribution >= 0.6 is 0 Å². The number of carbonyl (C=O) groups is 2. The molecule has 13 heteroatoms. The summed E-state index contributed by atoms with van der Waals surface area (Å²) in [5, 5.41) is 4.91. The van der Waals surface area contributed by atoms with Crippen LogP contribution in [0.3, 0.4) is 0 Å². The summed E-state index contributed by atoms with van der Waals surface area (Å²) in [4.78, 5) is 31.2. The SMILES string of the molecule is CN(CCCCCN1C(=O)c2cccc3c(NC(=O)C4CCCCN4CCC4CCN(S(C)(=O)=O)CC4)ccc1c23)S(C)(=O)=O. The van der Waals surface area contributed by atoms with E-state index in [-0.39, 0.29) is 17.9 Å². The van der Waals surface area contributed by atoms with Crippen molar-refractivity contribution in [2.24, 2.45) is 5.92 Å². The number of hydrogen-bond acceptors (Lipinski definition) is 7. The highest BCUT2D eigenvalue weighted by atomic mass is 32.2. The molecule has 5 rings (SSSR count). The quantitative estimate of drug-likeness (QED) is 0.324. The van der Waals surface area contributed by atoms with E-state index >= 15 is 0 Å². The van der Waals surface area contributed by atoms with E-state index in [4.69, 9.17) is 0 Å². The van der Waals surface area contributed by atoms with Crippen molar-refractivity contribution < 1.29 is 26.4 Å². The zero-order chi connectivity index (χ0) is 32.4. The average molecular weight is 662 g/mol. The predicted octanol–water partition coefficient (Wildman–Crippen LogP) is 3.72. The second kappa shape index (κ2) is 14.0. The number of nitrogens with one attached hydrogen (secondary N) is 1. The van der Waals surface area contributed by atoms with Crippen LogP contribution in [0, 0.1) is 5.92 Å². The Morgan fingerprint density at radius 1 is 0.933 bits per heavy atom. The number of piperidine rings is 2. The lowest BCUT2D eigenvalue weighted by Crippen LogP contribution is -2.48. The Morgan fingerprint density at radius 3 is 2.40 bits per heavy atom. The lowest BCUT2D eigenvalue weighted by Gasteiger charge is -2.37. The molecule has 45 heavy (non-hydrogen) atoms. The van der Waals surface area contributed by atoms with Crippen LogP contribution in [0.4, 0.5) is 11.4 Å². The van der Waals surface area contributed by atoms with Gasteiger partial charge in [-0.3, -0.25) is 14.5 Å². The molecular formula is C32H47N5O6S2. The highest BCUT2D eigenvalue weighted by Gasteiger charge is 2.33. The number of rotatable bonds is 13. The molecule has 2 amide bonds. The average Bonchev–Trinajstić information content (AvgIpc) is 3.28. The highest BCUT2D eigenvalue weighted by Crippen LogP contribution is 2.41. The van der Waals surface area contributed by atoms with Crippen LogP contribution in [0.1, 0.15) is 68.1 Å². The third-order valence-corrected chi connectivity index (χ3v) is 12.4. The minimum absolute atomic E-state index is 0.0254. The van der Waals surface area contributed by atoms with Gasteiger partial charge in [-0.1, -0.05) is 25.0 Å². The van der Waals surface area contributed by atoms with Crippen molar-refractivity contribution in [2.75, 3.05) is 69.0 Å². The second-order valence-corrected chi connectivity index (χ2v) is 17.0. The number of unbranched alkanes of at least 4 members (excludes halogenated alkanes) is 2. The normalized spacial score (nSPS) is 20.4. The maximum Gasteiger partial charge on any atom is 0.258 e. The maximum atomic E-state index is 13.7. The first-order valence-electron chi connectivity index (χ1n) is 16.1. The van der Waals surface area contributed by atoms with Crippen LogP contribution in [0.2, 0.25) is 0 Å². The Balaban J connectivity index is 1.21. The number of likely N-dealkylation sites (tertiary alicyclic amines) is 1. The third-order valence-electron chi connectivity index (χ3n) is 9.75. The molecule has 0 bridgehead atoms. The van der Waals surface area contributed by atoms with Crippen molar-refractivity contribution in [3.8, 4) is 0 Å². The fourth-order valence-corrected chi connectivity index (χ4v) is 8.31. The van der Waals surface area contributed by atoms with Crippen molar-refractivity contribution in [1.82, 2.24) is 13.5 Å². The van der Waals surface area contributed by atoms with Crippen molar-refractivity contribution in [3.63, 3.8) is 0 Å². The highest BCUT2D eigenvalue weighted by molar-refractivity contribution is 7.88. The number of anilines is 2. The summed E-state index contributed by atoms with van der Waals surface area (Å²) in [6.45, 7) is 3.83. The Bertz CT molecular complexity index is 1620. The molecule has 11 nitrogen and oxygen atoms in total. The summed E-state index contributed by atoms with van der Waals surface area (Å²) in [7, 11) is -4.76. The molecule has 3 aliphatic heterocycles. The van der Waals surface area contributed by atoms with Gasteiger partial charge in [-0.05, 0) is 82.2 Å². The van der Waals surface area contributed by atoms with Gasteiger partial charge in [0.05, 0.1) is 24.2 Å². The van der Waals surface area contributed by atoms with Gasteiger partial charge in [-0.25, -0.2) is 25.4 Å². The molecular weight excluding hydrogens is 615 g/mol. The van der Waals surface area contributed by atoms with Crippen LogP contribution in [-0.4, -0.2) is 107 Å². The molecule has 3 heterocycles. The molecule has 1 unspecified atom stereocenters. The molecule has 248 valence electrons. The predicted molar refractivity (Wildman–Crippen MR) is 179 cm³/mol. The Labute approximate surface area is 268 Å². The van der Waals surface area contributed by atoms with E-state index in [0.29, 0.717) is 43.3 Å². The molecule has 3 aliphatic rings. The first-order valence-corrected chi connectivity index (χ1v) is 19.8. The number of sulfonamides is 2. The largest absolute Gasteiger partial charge is 0.324 e. The van der Waals surface area contributed by atoms with Crippen molar-refractivity contribution in [3.05, 3.63) is 35.9 Å². The molecule has 0 saturated carbocycles. The van der Waals surface area contributed by atoms with Crippen LogP contribution in [0.25, 0.3) is 10.8 Å². The standard InChI is InChI=1S/C32H47N5O6S2/c1-34(44(2,40)41)18-6-4-7-20-37-28-14-13-27(25-10-9-11-26(30(25)28)32(37)39)33-31(38)29-12-5-8-19-35(29)21-15-24-16-22-36(23-17-24)45(3,42)43/h9-11,13-14,24,29H,4-8,12,15-23H2,1-3H3,(H,33,38). The number of amides is 2. The van der Waals surface area contributed by atoms with E-state index < -0.39 is 20.0 Å². The van der Waals surface area contributed by atoms with Crippen LogP contribution in [0.5, 0.6) is 0 Å². The van der Waals surface area contributed by atoms with Gasteiger partial charge in [0.2, 0.25) is 26.0 Å². The zero-order valence-corrected chi connectivity index (χ0v) is 28.3. The fraction of sp³-hybridized carbons (Fsp3) is 0.625. The molecule has 0 aliphatic carbocycles. The molecule has 0 aromatic heterocycles. The number of benzene rings is 2. The van der Waals surface area contributed by atoms with Crippen LogP contribution < -0.4 is 10.2 Å². The molecule has 2 fully saturated rings. The topological polar surface area (TPSA) is 127 Å². The van der Waals surface area contributed by atoms with Crippen LogP contribution in [0.15, 0.2) is 30.3 Å². The number of carbonyl (C=O) groups excluding carboxylic acids is 2. The fourth-order valence-electron chi connectivity index (χ4n) is 6.97. The summed E-state index contributed by atoms with van der Waals surface area (Å²) in [6, 6.07) is 9.25. The second-order valence-electron chi connectivity index (χ2n) is 12.9. The van der Waals surface area contributed by atoms with E-state index in [0.717, 1.165) is 87.3 Å². The summed E-state index contributed by atoms with van der Waals surface area (Å²) in [6.07, 6.45) is 10.3. The summed E-state index contributed by atoms with van der Waals surface area (Å²) in [5.74, 6) is 0.384. The Kier molecular flexibility index (Phi) is 10.5. The van der Waals surface area contributed by atoms with Gasteiger partial charge in [0.15, 0.2) is 0 Å². The van der Waals surface area contributed by atoms with Gasteiger partial charge in [-0.2, -0.15) is 0 Å². The lowest BCUT2D eigenvalue weighted by molar-refractivity contribution is -0.122. The van der Waals surface area contributed by atoms with Gasteiger partial charge in [0, 0.05) is 55.2 Å². The lowest BCUT2D eigenvalue weighted by atomic mass is 9.93.